The Kier molecular flexibility index (Phi) is 7.71. The van der Waals surface area contributed by atoms with Crippen LogP contribution in [0.15, 0.2) is 24.3 Å². The van der Waals surface area contributed by atoms with Gasteiger partial charge in [-0.25, -0.2) is 4.39 Å². The largest absolute Gasteiger partial charge is 0.416 e. The lowest BCUT2D eigenvalue weighted by atomic mass is 9.84. The highest BCUT2D eigenvalue weighted by molar-refractivity contribution is 5.78. The number of hydrogen-bond donors (Lipinski definition) is 1. The van der Waals surface area contributed by atoms with Crippen molar-refractivity contribution in [1.82, 2.24) is 10.2 Å². The van der Waals surface area contributed by atoms with E-state index in [1.54, 1.807) is 0 Å². The van der Waals surface area contributed by atoms with Gasteiger partial charge in [-0.15, -0.1) is 0 Å². The lowest BCUT2D eigenvalue weighted by Crippen LogP contribution is -2.38. The second kappa shape index (κ2) is 10.3. The van der Waals surface area contributed by atoms with Crippen LogP contribution in [0, 0.1) is 23.1 Å². The van der Waals surface area contributed by atoms with E-state index in [2.05, 4.69) is 10.2 Å². The van der Waals surface area contributed by atoms with Gasteiger partial charge in [0.2, 0.25) is 5.91 Å². The van der Waals surface area contributed by atoms with Crippen molar-refractivity contribution in [2.45, 2.75) is 57.2 Å². The van der Waals surface area contributed by atoms with Crippen molar-refractivity contribution in [2.75, 3.05) is 19.6 Å². The van der Waals surface area contributed by atoms with Gasteiger partial charge in [0.15, 0.2) is 0 Å². The highest BCUT2D eigenvalue weighted by Crippen LogP contribution is 2.33. The maximum atomic E-state index is 13.7. The zero-order valence-corrected chi connectivity index (χ0v) is 17.3. The van der Waals surface area contributed by atoms with E-state index in [1.807, 2.05) is 12.1 Å². The smallest absolute Gasteiger partial charge is 0.352 e. The number of amides is 1. The van der Waals surface area contributed by atoms with E-state index < -0.39 is 17.6 Å². The van der Waals surface area contributed by atoms with Gasteiger partial charge in [-0.3, -0.25) is 9.69 Å². The third-order valence-electron chi connectivity index (χ3n) is 6.19. The summed E-state index contributed by atoms with van der Waals surface area (Å²) in [6.07, 6.45) is 2.80. The first-order chi connectivity index (χ1) is 14.7. The summed E-state index contributed by atoms with van der Waals surface area (Å²) in [6.45, 7) is 2.30. The molecule has 2 aliphatic rings. The molecule has 0 unspecified atom stereocenters. The summed E-state index contributed by atoms with van der Waals surface area (Å²) < 4.78 is 52.5. The summed E-state index contributed by atoms with van der Waals surface area (Å²) in [5, 5.41) is 11.5. The van der Waals surface area contributed by atoms with Crippen molar-refractivity contribution in [1.29, 1.82) is 5.26 Å². The van der Waals surface area contributed by atoms with Gasteiger partial charge in [0, 0.05) is 19.1 Å². The third-order valence-corrected chi connectivity index (χ3v) is 6.19. The molecule has 0 aromatic heterocycles. The first-order valence-electron chi connectivity index (χ1n) is 10.7. The first kappa shape index (κ1) is 23.3. The predicted octanol–water partition coefficient (Wildman–Crippen LogP) is 4.91. The molecule has 0 atom stereocenters. The molecule has 168 valence electrons. The second-order valence-electron chi connectivity index (χ2n) is 8.42. The van der Waals surface area contributed by atoms with Crippen LogP contribution in [0.5, 0.6) is 0 Å². The number of carbonyl (C=O) groups is 1. The first-order valence-corrected chi connectivity index (χ1v) is 10.7. The Morgan fingerprint density at radius 2 is 1.94 bits per heavy atom. The van der Waals surface area contributed by atoms with Crippen LogP contribution in [0.3, 0.4) is 0 Å². The quantitative estimate of drug-likeness (QED) is 0.644. The van der Waals surface area contributed by atoms with Gasteiger partial charge in [0.1, 0.15) is 12.2 Å². The number of nitrogens with one attached hydrogen (secondary N) is 1. The molecule has 0 spiro atoms. The van der Waals surface area contributed by atoms with Crippen molar-refractivity contribution in [3.05, 3.63) is 41.2 Å². The minimum atomic E-state index is -4.56. The van der Waals surface area contributed by atoms with Crippen molar-refractivity contribution >= 4 is 11.5 Å². The van der Waals surface area contributed by atoms with Gasteiger partial charge in [0.25, 0.3) is 0 Å². The molecule has 3 rings (SSSR count). The molecular weight excluding hydrogens is 410 g/mol. The van der Waals surface area contributed by atoms with Crippen LogP contribution >= 0.6 is 0 Å². The van der Waals surface area contributed by atoms with Crippen molar-refractivity contribution in [2.24, 2.45) is 5.92 Å². The van der Waals surface area contributed by atoms with E-state index in [4.69, 9.17) is 5.26 Å². The molecule has 4 nitrogen and oxygen atoms in total. The fourth-order valence-corrected chi connectivity index (χ4v) is 4.43. The van der Waals surface area contributed by atoms with E-state index in [0.29, 0.717) is 30.5 Å². The number of benzene rings is 1. The highest BCUT2D eigenvalue weighted by atomic mass is 19.4. The Balaban J connectivity index is 1.45. The van der Waals surface area contributed by atoms with Crippen molar-refractivity contribution < 1.29 is 22.4 Å². The van der Waals surface area contributed by atoms with Crippen molar-refractivity contribution in [3.8, 4) is 6.07 Å². The van der Waals surface area contributed by atoms with Gasteiger partial charge < -0.3 is 5.32 Å². The molecule has 1 aromatic carbocycles. The van der Waals surface area contributed by atoms with Crippen LogP contribution in [-0.4, -0.2) is 36.5 Å². The van der Waals surface area contributed by atoms with Crippen LogP contribution in [-0.2, 0) is 11.0 Å². The molecule has 1 saturated carbocycles. The number of nitriles is 1. The summed E-state index contributed by atoms with van der Waals surface area (Å²) in [7, 11) is 0. The second-order valence-corrected chi connectivity index (χ2v) is 8.42. The fourth-order valence-electron chi connectivity index (χ4n) is 4.43. The molecule has 1 aromatic rings. The van der Waals surface area contributed by atoms with E-state index in [0.717, 1.165) is 56.8 Å². The lowest BCUT2D eigenvalue weighted by Gasteiger charge is -2.32. The Labute approximate surface area is 179 Å². The van der Waals surface area contributed by atoms with Gasteiger partial charge in [-0.2, -0.15) is 18.4 Å². The zero-order chi connectivity index (χ0) is 22.4. The molecule has 1 fully saturated rings. The minimum absolute atomic E-state index is 0.0997. The molecule has 0 saturated heterocycles. The van der Waals surface area contributed by atoms with Gasteiger partial charge in [-0.1, -0.05) is 6.08 Å². The number of nitrogens with zero attached hydrogens (tertiary/aromatic N) is 2. The summed E-state index contributed by atoms with van der Waals surface area (Å²) >= 11 is 0. The Morgan fingerprint density at radius 1 is 1.19 bits per heavy atom. The van der Waals surface area contributed by atoms with Crippen LogP contribution in [0.25, 0.3) is 5.57 Å². The van der Waals surface area contributed by atoms with Gasteiger partial charge in [-0.05, 0) is 80.3 Å². The Morgan fingerprint density at radius 3 is 2.55 bits per heavy atom. The van der Waals surface area contributed by atoms with Crippen LogP contribution in [0.1, 0.15) is 56.1 Å². The van der Waals surface area contributed by atoms with Crippen LogP contribution in [0.4, 0.5) is 17.6 Å². The summed E-state index contributed by atoms with van der Waals surface area (Å²) in [5.74, 6) is -0.484. The molecule has 0 bridgehead atoms. The van der Waals surface area contributed by atoms with E-state index in [-0.39, 0.29) is 18.4 Å². The third kappa shape index (κ3) is 6.79. The standard InChI is InChI=1S/C23H27F4N3O/c24-20-14-18(13-19(15-20)23(25,26)27)17-7-11-30(12-8-17)10-6-16-1-3-21(4-2-16)29-22(31)5-9-28/h7,13-16,21H,1-6,8,10-12H2,(H,29,31)/t16-,21-. The number of halogens is 4. The average Bonchev–Trinajstić information content (AvgIpc) is 2.73. The lowest BCUT2D eigenvalue weighted by molar-refractivity contribution is -0.137. The van der Waals surface area contributed by atoms with Crippen LogP contribution in [0.2, 0.25) is 0 Å². The fraction of sp³-hybridized carbons (Fsp3) is 0.565. The summed E-state index contributed by atoms with van der Waals surface area (Å²) in [5.41, 5.74) is 0.115. The maximum absolute atomic E-state index is 13.7. The Bertz CT molecular complexity index is 851. The molecule has 8 heteroatoms. The maximum Gasteiger partial charge on any atom is 0.416 e. The van der Waals surface area contributed by atoms with E-state index in [1.165, 1.54) is 6.07 Å². The molecule has 1 aliphatic carbocycles. The zero-order valence-electron chi connectivity index (χ0n) is 17.3. The number of alkyl halides is 3. The SMILES string of the molecule is N#CCC(=O)N[C@H]1CC[C@H](CCN2CC=C(c3cc(F)cc(C(F)(F)F)c3)CC2)CC1. The molecule has 1 amide bonds. The van der Waals surface area contributed by atoms with Crippen LogP contribution < -0.4 is 5.32 Å². The molecule has 0 radical (unpaired) electrons. The number of rotatable bonds is 6. The minimum Gasteiger partial charge on any atom is -0.352 e. The van der Waals surface area contributed by atoms with Gasteiger partial charge >= 0.3 is 6.18 Å². The van der Waals surface area contributed by atoms with Gasteiger partial charge in [0.05, 0.1) is 11.6 Å². The molecule has 1 heterocycles. The molecular formula is C23H27F4N3O. The Hall–Kier alpha value is -2.40. The number of carbonyl (C=O) groups excluding carboxylic acids is 1. The predicted molar refractivity (Wildman–Crippen MR) is 109 cm³/mol. The van der Waals surface area contributed by atoms with Crippen molar-refractivity contribution in [3.63, 3.8) is 0 Å². The number of hydrogen-bond acceptors (Lipinski definition) is 3. The average molecular weight is 437 g/mol. The van der Waals surface area contributed by atoms with E-state index in [9.17, 15) is 22.4 Å². The summed E-state index contributed by atoms with van der Waals surface area (Å²) in [6, 6.07) is 4.74. The molecule has 31 heavy (non-hydrogen) atoms. The summed E-state index contributed by atoms with van der Waals surface area (Å²) in [4.78, 5) is 13.8. The normalized spacial score (nSPS) is 22.5. The monoisotopic (exact) mass is 437 g/mol. The highest BCUT2D eigenvalue weighted by Gasteiger charge is 2.32. The van der Waals surface area contributed by atoms with E-state index >= 15 is 0 Å². The molecule has 1 aliphatic heterocycles. The molecule has 1 N–H and O–H groups in total. The topological polar surface area (TPSA) is 56.1 Å².